The van der Waals surface area contributed by atoms with E-state index < -0.39 is 0 Å². The van der Waals surface area contributed by atoms with Gasteiger partial charge >= 0.3 is 0 Å². The number of fused-ring (bicyclic) bond motifs is 1. The van der Waals surface area contributed by atoms with E-state index in [-0.39, 0.29) is 0 Å². The van der Waals surface area contributed by atoms with E-state index in [4.69, 9.17) is 16.3 Å². The van der Waals surface area contributed by atoms with Crippen LogP contribution in [-0.4, -0.2) is 36.5 Å². The lowest BCUT2D eigenvalue weighted by Crippen LogP contribution is -1.99. The van der Waals surface area contributed by atoms with Gasteiger partial charge in [-0.2, -0.15) is 9.61 Å². The predicted octanol–water partition coefficient (Wildman–Crippen LogP) is 3.75. The summed E-state index contributed by atoms with van der Waals surface area (Å²) in [5, 5.41) is 14.4. The third-order valence-electron chi connectivity index (χ3n) is 3.17. The maximum Gasteiger partial charge on any atom is 0.234 e. The van der Waals surface area contributed by atoms with Gasteiger partial charge in [0, 0.05) is 5.75 Å². The minimum absolute atomic E-state index is 0.354. The zero-order valence-corrected chi connectivity index (χ0v) is 15.6. The van der Waals surface area contributed by atoms with Gasteiger partial charge in [0.25, 0.3) is 0 Å². The summed E-state index contributed by atoms with van der Waals surface area (Å²) < 4.78 is 8.63. The monoisotopic (exact) mass is 397 g/mol. The number of halogens is 1. The molecule has 0 saturated heterocycles. The lowest BCUT2D eigenvalue weighted by atomic mass is 10.3. The van der Waals surface area contributed by atoms with Gasteiger partial charge in [0.1, 0.15) is 16.7 Å². The van der Waals surface area contributed by atoms with Gasteiger partial charge in [-0.25, -0.2) is 0 Å². The molecule has 6 nitrogen and oxygen atoms in total. The second-order valence-electron chi connectivity index (χ2n) is 4.81. The summed E-state index contributed by atoms with van der Waals surface area (Å²) in [6.07, 6.45) is 0. The number of rotatable bonds is 5. The molecular weight excluding hydrogens is 386 g/mol. The van der Waals surface area contributed by atoms with Crippen molar-refractivity contribution in [3.63, 3.8) is 0 Å². The summed E-state index contributed by atoms with van der Waals surface area (Å²) in [6, 6.07) is 7.40. The Morgan fingerprint density at radius 3 is 3.04 bits per heavy atom. The van der Waals surface area contributed by atoms with Crippen LogP contribution < -0.4 is 4.74 Å². The number of thioether (sulfide) groups is 2. The first-order chi connectivity index (χ1) is 11.8. The molecule has 3 heterocycles. The maximum absolute atomic E-state index is 6.09. The van der Waals surface area contributed by atoms with E-state index in [0.29, 0.717) is 23.1 Å². The van der Waals surface area contributed by atoms with Gasteiger partial charge in [-0.3, -0.25) is 4.99 Å². The van der Waals surface area contributed by atoms with E-state index in [1.807, 2.05) is 18.2 Å². The smallest absolute Gasteiger partial charge is 0.234 e. The summed E-state index contributed by atoms with van der Waals surface area (Å²) in [4.78, 5) is 5.19. The van der Waals surface area contributed by atoms with Crippen LogP contribution in [0.1, 0.15) is 10.8 Å². The SMILES string of the molecule is Clc1ccccc1OCc1nn2c(CSC3=NCCS3)nnc2s1. The summed E-state index contributed by atoms with van der Waals surface area (Å²) >= 11 is 11.0. The van der Waals surface area contributed by atoms with Crippen molar-refractivity contribution in [3.05, 3.63) is 40.1 Å². The van der Waals surface area contributed by atoms with Crippen LogP contribution >= 0.6 is 46.5 Å². The van der Waals surface area contributed by atoms with Gasteiger partial charge in [-0.15, -0.1) is 10.2 Å². The number of benzene rings is 1. The molecule has 10 heteroatoms. The first kappa shape index (κ1) is 16.2. The molecule has 0 unspecified atom stereocenters. The second kappa shape index (κ2) is 7.30. The molecule has 0 spiro atoms. The number of para-hydroxylation sites is 1. The second-order valence-corrected chi connectivity index (χ2v) is 8.56. The van der Waals surface area contributed by atoms with Crippen LogP contribution in [0.5, 0.6) is 5.75 Å². The van der Waals surface area contributed by atoms with Gasteiger partial charge in [0.05, 0.1) is 17.3 Å². The number of aromatic nitrogens is 4. The molecule has 4 rings (SSSR count). The standard InChI is InChI=1S/C14H12ClN5OS3/c15-9-3-1-2-4-10(9)21-7-12-19-20-11(17-18-13(20)24-12)8-23-14-16-5-6-22-14/h1-4H,5-8H2. The fourth-order valence-corrected chi connectivity index (χ4v) is 4.95. The van der Waals surface area contributed by atoms with E-state index in [1.165, 1.54) is 11.3 Å². The Hall–Kier alpha value is -1.29. The van der Waals surface area contributed by atoms with Crippen LogP contribution in [0.3, 0.4) is 0 Å². The zero-order valence-electron chi connectivity index (χ0n) is 12.4. The molecule has 24 heavy (non-hydrogen) atoms. The topological polar surface area (TPSA) is 64.7 Å². The molecule has 0 saturated carbocycles. The third kappa shape index (κ3) is 3.53. The van der Waals surface area contributed by atoms with Gasteiger partial charge < -0.3 is 4.74 Å². The Labute approximate surface area is 155 Å². The molecule has 2 aromatic heterocycles. The van der Waals surface area contributed by atoms with Gasteiger partial charge in [0.15, 0.2) is 10.8 Å². The predicted molar refractivity (Wildman–Crippen MR) is 100 cm³/mol. The fourth-order valence-electron chi connectivity index (χ4n) is 2.08. The normalized spacial score (nSPS) is 14.3. The van der Waals surface area contributed by atoms with Crippen LogP contribution in [0.15, 0.2) is 29.3 Å². The minimum Gasteiger partial charge on any atom is -0.485 e. The zero-order chi connectivity index (χ0) is 16.4. The fraction of sp³-hybridized carbons (Fsp3) is 0.286. The first-order valence-corrected chi connectivity index (χ1v) is 10.3. The summed E-state index contributed by atoms with van der Waals surface area (Å²) in [5.41, 5.74) is 0. The van der Waals surface area contributed by atoms with Crippen molar-refractivity contribution in [2.45, 2.75) is 12.4 Å². The number of hydrogen-bond acceptors (Lipinski definition) is 8. The molecule has 1 aliphatic rings. The highest BCUT2D eigenvalue weighted by molar-refractivity contribution is 8.38. The lowest BCUT2D eigenvalue weighted by molar-refractivity contribution is 0.304. The molecule has 0 bridgehead atoms. The van der Waals surface area contributed by atoms with Gasteiger partial charge in [-0.1, -0.05) is 58.6 Å². The summed E-state index contributed by atoms with van der Waals surface area (Å²) in [5.74, 6) is 3.25. The van der Waals surface area contributed by atoms with Crippen molar-refractivity contribution in [1.82, 2.24) is 19.8 Å². The molecule has 3 aromatic rings. The maximum atomic E-state index is 6.09. The molecule has 0 radical (unpaired) electrons. The quantitative estimate of drug-likeness (QED) is 0.653. The Morgan fingerprint density at radius 1 is 1.29 bits per heavy atom. The molecule has 124 valence electrons. The van der Waals surface area contributed by atoms with E-state index >= 15 is 0 Å². The number of aliphatic imine (C=N–C) groups is 1. The highest BCUT2D eigenvalue weighted by Crippen LogP contribution is 2.27. The van der Waals surface area contributed by atoms with Crippen LogP contribution in [-0.2, 0) is 12.4 Å². The Bertz CT molecular complexity index is 894. The molecule has 0 atom stereocenters. The van der Waals surface area contributed by atoms with E-state index in [2.05, 4.69) is 20.3 Å². The van der Waals surface area contributed by atoms with Gasteiger partial charge in [-0.05, 0) is 12.1 Å². The van der Waals surface area contributed by atoms with E-state index in [0.717, 1.165) is 32.5 Å². The molecule has 1 aliphatic heterocycles. The van der Waals surface area contributed by atoms with E-state index in [9.17, 15) is 0 Å². The van der Waals surface area contributed by atoms with Crippen LogP contribution in [0.25, 0.3) is 4.96 Å². The number of ether oxygens (including phenoxy) is 1. The number of hydrogen-bond donors (Lipinski definition) is 0. The van der Waals surface area contributed by atoms with Gasteiger partial charge in [0.2, 0.25) is 4.96 Å². The minimum atomic E-state index is 0.354. The lowest BCUT2D eigenvalue weighted by Gasteiger charge is -2.04. The highest BCUT2D eigenvalue weighted by atomic mass is 35.5. The van der Waals surface area contributed by atoms with Crippen molar-refractivity contribution in [2.24, 2.45) is 4.99 Å². The molecular formula is C14H12ClN5OS3. The largest absolute Gasteiger partial charge is 0.485 e. The molecule has 0 N–H and O–H groups in total. The third-order valence-corrected chi connectivity index (χ3v) is 6.60. The Balaban J connectivity index is 1.44. The average molecular weight is 398 g/mol. The van der Waals surface area contributed by atoms with Crippen molar-refractivity contribution >= 4 is 55.8 Å². The van der Waals surface area contributed by atoms with E-state index in [1.54, 1.807) is 34.1 Å². The molecule has 0 aliphatic carbocycles. The Kier molecular flexibility index (Phi) is 4.93. The number of nitrogens with zero attached hydrogens (tertiary/aromatic N) is 5. The van der Waals surface area contributed by atoms with Crippen molar-refractivity contribution in [3.8, 4) is 5.75 Å². The summed E-state index contributed by atoms with van der Waals surface area (Å²) in [6.45, 7) is 1.26. The molecule has 0 fully saturated rings. The Morgan fingerprint density at radius 2 is 2.21 bits per heavy atom. The average Bonchev–Trinajstić information content (AvgIpc) is 3.30. The van der Waals surface area contributed by atoms with Crippen molar-refractivity contribution in [1.29, 1.82) is 0 Å². The molecule has 0 amide bonds. The van der Waals surface area contributed by atoms with Crippen LogP contribution in [0.4, 0.5) is 0 Å². The molecule has 1 aromatic carbocycles. The van der Waals surface area contributed by atoms with Crippen molar-refractivity contribution < 1.29 is 4.74 Å². The first-order valence-electron chi connectivity index (χ1n) is 7.17. The van der Waals surface area contributed by atoms with Crippen molar-refractivity contribution in [2.75, 3.05) is 12.3 Å². The highest BCUT2D eigenvalue weighted by Gasteiger charge is 2.15. The summed E-state index contributed by atoms with van der Waals surface area (Å²) in [7, 11) is 0. The van der Waals surface area contributed by atoms with Crippen LogP contribution in [0.2, 0.25) is 5.02 Å². The van der Waals surface area contributed by atoms with Crippen LogP contribution in [0, 0.1) is 0 Å².